The van der Waals surface area contributed by atoms with E-state index >= 15 is 0 Å². The first kappa shape index (κ1) is 17.2. The second kappa shape index (κ2) is 6.71. The van der Waals surface area contributed by atoms with E-state index in [1.807, 2.05) is 11.0 Å². The van der Waals surface area contributed by atoms with Crippen molar-refractivity contribution < 1.29 is 13.2 Å². The maximum Gasteiger partial charge on any atom is 0.223 e. The van der Waals surface area contributed by atoms with Crippen LogP contribution in [0.25, 0.3) is 0 Å². The Morgan fingerprint density at radius 3 is 2.75 bits per heavy atom. The van der Waals surface area contributed by atoms with Gasteiger partial charge in [0.2, 0.25) is 5.91 Å². The first-order valence-corrected chi connectivity index (χ1v) is 10.3. The number of piperidine rings is 1. The molecule has 0 aliphatic carbocycles. The van der Waals surface area contributed by atoms with Crippen LogP contribution in [-0.2, 0) is 14.6 Å². The highest BCUT2D eigenvalue weighted by molar-refractivity contribution is 7.94. The summed E-state index contributed by atoms with van der Waals surface area (Å²) in [6.07, 6.45) is 4.03. The lowest BCUT2D eigenvalue weighted by atomic mass is 9.88. The summed E-state index contributed by atoms with van der Waals surface area (Å²) < 4.78 is 23.1. The van der Waals surface area contributed by atoms with Gasteiger partial charge in [-0.3, -0.25) is 4.79 Å². The Bertz CT molecular complexity index is 754. The van der Waals surface area contributed by atoms with Crippen molar-refractivity contribution >= 4 is 15.7 Å². The maximum atomic E-state index is 12.9. The predicted molar refractivity (Wildman–Crippen MR) is 95.1 cm³/mol. The molecule has 0 aromatic heterocycles. The Morgan fingerprint density at radius 2 is 2.08 bits per heavy atom. The molecule has 1 saturated heterocycles. The molecule has 2 aliphatic heterocycles. The fourth-order valence-corrected chi connectivity index (χ4v) is 5.16. The molecule has 0 spiro atoms. The van der Waals surface area contributed by atoms with Gasteiger partial charge in [-0.1, -0.05) is 42.8 Å². The summed E-state index contributed by atoms with van der Waals surface area (Å²) in [4.78, 5) is 14.9. The number of amides is 1. The lowest BCUT2D eigenvalue weighted by molar-refractivity contribution is -0.136. The molecule has 1 fully saturated rings. The van der Waals surface area contributed by atoms with Crippen molar-refractivity contribution in [3.63, 3.8) is 0 Å². The zero-order valence-corrected chi connectivity index (χ0v) is 15.1. The molecule has 0 bridgehead atoms. The fourth-order valence-electron chi connectivity index (χ4n) is 3.76. The van der Waals surface area contributed by atoms with Crippen LogP contribution in [0.3, 0.4) is 0 Å². The molecule has 0 radical (unpaired) electrons. The number of aryl methyl sites for hydroxylation is 1. The summed E-state index contributed by atoms with van der Waals surface area (Å²) in [5, 5.41) is 1.25. The maximum absolute atomic E-state index is 12.9. The molecule has 1 amide bonds. The number of benzene rings is 1. The van der Waals surface area contributed by atoms with E-state index in [4.69, 9.17) is 0 Å². The van der Waals surface area contributed by atoms with Crippen LogP contribution in [0.1, 0.15) is 43.4 Å². The van der Waals surface area contributed by atoms with Crippen LogP contribution in [0.2, 0.25) is 0 Å². The smallest absolute Gasteiger partial charge is 0.223 e. The molecule has 2 aliphatic rings. The molecule has 2 heterocycles. The minimum absolute atomic E-state index is 0.0667. The van der Waals surface area contributed by atoms with Gasteiger partial charge >= 0.3 is 0 Å². The second-order valence-electron chi connectivity index (χ2n) is 7.28. The molecular formula is C19H25NO3S. The molecule has 24 heavy (non-hydrogen) atoms. The van der Waals surface area contributed by atoms with Gasteiger partial charge < -0.3 is 4.90 Å². The van der Waals surface area contributed by atoms with Gasteiger partial charge in [0.15, 0.2) is 9.84 Å². The topological polar surface area (TPSA) is 54.5 Å². The summed E-state index contributed by atoms with van der Waals surface area (Å²) in [7, 11) is -3.11. The summed E-state index contributed by atoms with van der Waals surface area (Å²) >= 11 is 0. The Labute approximate surface area is 144 Å². The SMILES string of the molecule is Cc1cccc([C@@H]2CC[C@@H](C)CN2C(=O)CC2C=CS(=O)(=O)C2)c1. The molecule has 1 aromatic carbocycles. The van der Waals surface area contributed by atoms with Gasteiger partial charge in [0.25, 0.3) is 0 Å². The third kappa shape index (κ3) is 3.89. The first-order valence-electron chi connectivity index (χ1n) is 8.61. The number of hydrogen-bond donors (Lipinski definition) is 0. The number of sulfone groups is 1. The normalized spacial score (nSPS) is 28.9. The highest BCUT2D eigenvalue weighted by atomic mass is 32.2. The van der Waals surface area contributed by atoms with Crippen LogP contribution in [0.4, 0.5) is 0 Å². The van der Waals surface area contributed by atoms with Crippen molar-refractivity contribution in [3.05, 3.63) is 46.9 Å². The molecule has 3 rings (SSSR count). The van der Waals surface area contributed by atoms with Crippen LogP contribution in [0, 0.1) is 18.8 Å². The van der Waals surface area contributed by atoms with Gasteiger partial charge in [-0.2, -0.15) is 0 Å². The number of hydrogen-bond acceptors (Lipinski definition) is 3. The summed E-state index contributed by atoms with van der Waals surface area (Å²) in [6.45, 7) is 4.99. The molecule has 1 unspecified atom stereocenters. The average Bonchev–Trinajstić information content (AvgIpc) is 2.86. The van der Waals surface area contributed by atoms with E-state index in [-0.39, 0.29) is 30.0 Å². The van der Waals surface area contributed by atoms with Gasteiger partial charge in [0.1, 0.15) is 0 Å². The summed E-state index contributed by atoms with van der Waals surface area (Å²) in [5.74, 6) is 0.438. The molecule has 0 N–H and O–H groups in total. The third-order valence-electron chi connectivity index (χ3n) is 5.01. The fraction of sp³-hybridized carbons (Fsp3) is 0.526. The van der Waals surface area contributed by atoms with Gasteiger partial charge in [-0.15, -0.1) is 0 Å². The number of carbonyl (C=O) groups excluding carboxylic acids is 1. The predicted octanol–water partition coefficient (Wildman–Crippen LogP) is 3.24. The van der Waals surface area contributed by atoms with Crippen molar-refractivity contribution in [2.75, 3.05) is 12.3 Å². The highest BCUT2D eigenvalue weighted by Gasteiger charge is 2.33. The average molecular weight is 347 g/mol. The standard InChI is InChI=1S/C19H25NO3S/c1-14-4-3-5-17(10-14)18-7-6-15(2)12-20(18)19(21)11-16-8-9-24(22,23)13-16/h3-5,8-10,15-16,18H,6-7,11-13H2,1-2H3/t15-,16?,18+/m1/s1. The van der Waals surface area contributed by atoms with Gasteiger partial charge in [-0.05, 0) is 31.2 Å². The number of likely N-dealkylation sites (tertiary alicyclic amines) is 1. The Hall–Kier alpha value is -1.62. The highest BCUT2D eigenvalue weighted by Crippen LogP contribution is 2.35. The van der Waals surface area contributed by atoms with Crippen LogP contribution in [0.5, 0.6) is 0 Å². The summed E-state index contributed by atoms with van der Waals surface area (Å²) in [5.41, 5.74) is 2.38. The third-order valence-corrected chi connectivity index (χ3v) is 6.47. The van der Waals surface area contributed by atoms with E-state index in [0.29, 0.717) is 5.92 Å². The minimum atomic E-state index is -3.11. The van der Waals surface area contributed by atoms with Crippen LogP contribution >= 0.6 is 0 Å². The quantitative estimate of drug-likeness (QED) is 0.843. The van der Waals surface area contributed by atoms with Crippen molar-refractivity contribution in [2.24, 2.45) is 11.8 Å². The first-order chi connectivity index (χ1) is 11.3. The number of carbonyl (C=O) groups is 1. The Morgan fingerprint density at radius 1 is 1.29 bits per heavy atom. The van der Waals surface area contributed by atoms with E-state index in [0.717, 1.165) is 19.4 Å². The Kier molecular flexibility index (Phi) is 4.81. The van der Waals surface area contributed by atoms with Crippen molar-refractivity contribution in [1.29, 1.82) is 0 Å². The van der Waals surface area contributed by atoms with Crippen LogP contribution in [-0.4, -0.2) is 31.5 Å². The van der Waals surface area contributed by atoms with Crippen molar-refractivity contribution in [2.45, 2.75) is 39.2 Å². The number of nitrogens with zero attached hydrogens (tertiary/aromatic N) is 1. The van der Waals surface area contributed by atoms with E-state index in [1.54, 1.807) is 6.08 Å². The van der Waals surface area contributed by atoms with E-state index in [1.165, 1.54) is 16.5 Å². The number of rotatable bonds is 3. The molecule has 130 valence electrons. The lowest BCUT2D eigenvalue weighted by Gasteiger charge is -2.39. The molecule has 4 nitrogen and oxygen atoms in total. The van der Waals surface area contributed by atoms with Crippen LogP contribution < -0.4 is 0 Å². The molecule has 0 saturated carbocycles. The van der Waals surface area contributed by atoms with E-state index < -0.39 is 9.84 Å². The van der Waals surface area contributed by atoms with Crippen LogP contribution in [0.15, 0.2) is 35.7 Å². The zero-order valence-electron chi connectivity index (χ0n) is 14.3. The lowest BCUT2D eigenvalue weighted by Crippen LogP contribution is -2.42. The zero-order chi connectivity index (χ0) is 17.3. The Balaban J connectivity index is 1.77. The summed E-state index contributed by atoms with van der Waals surface area (Å²) in [6, 6.07) is 8.46. The van der Waals surface area contributed by atoms with Crippen molar-refractivity contribution in [1.82, 2.24) is 4.90 Å². The van der Waals surface area contributed by atoms with E-state index in [9.17, 15) is 13.2 Å². The second-order valence-corrected chi connectivity index (χ2v) is 9.21. The van der Waals surface area contributed by atoms with Gasteiger partial charge in [-0.25, -0.2) is 8.42 Å². The van der Waals surface area contributed by atoms with Gasteiger partial charge in [0.05, 0.1) is 11.8 Å². The number of allylic oxidation sites excluding steroid dienone is 1. The molecular weight excluding hydrogens is 322 g/mol. The van der Waals surface area contributed by atoms with Gasteiger partial charge in [0, 0.05) is 24.3 Å². The van der Waals surface area contributed by atoms with E-state index in [2.05, 4.69) is 32.0 Å². The molecule has 5 heteroatoms. The largest absolute Gasteiger partial charge is 0.335 e. The minimum Gasteiger partial charge on any atom is -0.335 e. The van der Waals surface area contributed by atoms with Crippen molar-refractivity contribution in [3.8, 4) is 0 Å². The monoisotopic (exact) mass is 347 g/mol. The molecule has 3 atom stereocenters. The molecule has 1 aromatic rings.